The molecule has 3 amide bonds. The van der Waals surface area contributed by atoms with E-state index in [0.717, 1.165) is 32.7 Å². The van der Waals surface area contributed by atoms with E-state index < -0.39 is 6.09 Å². The molecule has 0 aliphatic carbocycles. The number of anilines is 3. The van der Waals surface area contributed by atoms with Crippen LogP contribution in [0.2, 0.25) is 0 Å². The van der Waals surface area contributed by atoms with E-state index >= 15 is 0 Å². The third kappa shape index (κ3) is 5.30. The summed E-state index contributed by atoms with van der Waals surface area (Å²) in [7, 11) is 0. The number of ether oxygens (including phenoxy) is 1. The van der Waals surface area contributed by atoms with Crippen LogP contribution in [-0.2, 0) is 14.3 Å². The minimum absolute atomic E-state index is 0.0522. The number of benzene rings is 4. The van der Waals surface area contributed by atoms with E-state index in [1.807, 2.05) is 54.6 Å². The molecule has 0 fully saturated rings. The number of rotatable bonds is 8. The molecule has 2 N–H and O–H groups in total. The van der Waals surface area contributed by atoms with Gasteiger partial charge in [-0.05, 0) is 41.3 Å². The van der Waals surface area contributed by atoms with Crippen LogP contribution in [0, 0.1) is 0 Å². The summed E-state index contributed by atoms with van der Waals surface area (Å²) in [6.45, 7) is 2.82. The Bertz CT molecular complexity index is 1780. The summed E-state index contributed by atoms with van der Waals surface area (Å²) >= 11 is 12.7. The van der Waals surface area contributed by atoms with Gasteiger partial charge in [-0.15, -0.1) is 23.2 Å². The molecule has 44 heavy (non-hydrogen) atoms. The van der Waals surface area contributed by atoms with E-state index in [-0.39, 0.29) is 48.8 Å². The first-order valence-electron chi connectivity index (χ1n) is 14.8. The summed E-state index contributed by atoms with van der Waals surface area (Å²) in [4.78, 5) is 42.8. The summed E-state index contributed by atoms with van der Waals surface area (Å²) < 4.78 is 5.10. The lowest BCUT2D eigenvalue weighted by Gasteiger charge is -2.21. The first kappa shape index (κ1) is 30.0. The molecule has 4 aromatic carbocycles. The molecule has 228 valence electrons. The molecule has 2 atom stereocenters. The fourth-order valence-corrected chi connectivity index (χ4v) is 7.14. The second-order valence-electron chi connectivity index (χ2n) is 11.2. The second-order valence-corrected chi connectivity index (χ2v) is 11.8. The molecule has 0 bridgehead atoms. The Labute approximate surface area is 265 Å². The highest BCUT2D eigenvalue weighted by molar-refractivity contribution is 6.19. The van der Waals surface area contributed by atoms with E-state index in [1.54, 1.807) is 22.8 Å². The van der Waals surface area contributed by atoms with Crippen LogP contribution in [0.1, 0.15) is 49.1 Å². The molecule has 0 spiro atoms. The van der Waals surface area contributed by atoms with Gasteiger partial charge in [0.05, 0.1) is 18.0 Å². The first-order chi connectivity index (χ1) is 21.4. The van der Waals surface area contributed by atoms with E-state index in [1.165, 1.54) is 0 Å². The molecule has 4 aromatic rings. The quantitative estimate of drug-likeness (QED) is 0.196. The lowest BCUT2D eigenvalue weighted by atomic mass is 9.95. The SMILES string of the molecule is CCOC(=O)Nc1cc2c(c3ccccc13)[C@H](CCl)CN2C(=O)CCCC(=O)N1C[C@@H](CCl)c2c1cc(O)c1ccccc21. The molecule has 0 saturated heterocycles. The van der Waals surface area contributed by atoms with Crippen LogP contribution < -0.4 is 15.1 Å². The molecule has 10 heteroatoms. The molecule has 2 heterocycles. The topological polar surface area (TPSA) is 99.2 Å². The Kier molecular flexibility index (Phi) is 8.56. The number of hydrogen-bond acceptors (Lipinski definition) is 5. The summed E-state index contributed by atoms with van der Waals surface area (Å²) in [6.07, 6.45) is 0.118. The van der Waals surface area contributed by atoms with Gasteiger partial charge in [-0.25, -0.2) is 4.79 Å². The summed E-state index contributed by atoms with van der Waals surface area (Å²) in [6, 6.07) is 18.8. The van der Waals surface area contributed by atoms with Crippen molar-refractivity contribution in [2.24, 2.45) is 0 Å². The lowest BCUT2D eigenvalue weighted by Crippen LogP contribution is -2.32. The van der Waals surface area contributed by atoms with Crippen molar-refractivity contribution >= 4 is 79.7 Å². The molecule has 0 aromatic heterocycles. The van der Waals surface area contributed by atoms with Crippen molar-refractivity contribution in [3.63, 3.8) is 0 Å². The summed E-state index contributed by atoms with van der Waals surface area (Å²) in [5.41, 5.74) is 3.88. The summed E-state index contributed by atoms with van der Waals surface area (Å²) in [5, 5.41) is 16.9. The van der Waals surface area contributed by atoms with E-state index in [4.69, 9.17) is 27.9 Å². The van der Waals surface area contributed by atoms with Crippen LogP contribution in [0.5, 0.6) is 5.75 Å². The van der Waals surface area contributed by atoms with Gasteiger partial charge < -0.3 is 19.6 Å². The number of hydrogen-bond donors (Lipinski definition) is 2. The normalized spacial score (nSPS) is 17.2. The van der Waals surface area contributed by atoms with Gasteiger partial charge in [-0.3, -0.25) is 14.9 Å². The largest absolute Gasteiger partial charge is 0.507 e. The number of carbonyl (C=O) groups is 3. The Morgan fingerprint density at radius 3 is 1.86 bits per heavy atom. The molecule has 2 aliphatic heterocycles. The minimum Gasteiger partial charge on any atom is -0.507 e. The van der Waals surface area contributed by atoms with Crippen molar-refractivity contribution in [2.45, 2.75) is 38.0 Å². The number of aromatic hydroxyl groups is 1. The number of alkyl halides is 2. The Hall–Kier alpha value is -4.01. The van der Waals surface area contributed by atoms with Crippen LogP contribution in [0.3, 0.4) is 0 Å². The highest BCUT2D eigenvalue weighted by Crippen LogP contribution is 2.47. The fourth-order valence-electron chi connectivity index (χ4n) is 6.64. The maximum absolute atomic E-state index is 13.6. The van der Waals surface area contributed by atoms with Gasteiger partial charge in [0.15, 0.2) is 0 Å². The van der Waals surface area contributed by atoms with E-state index in [2.05, 4.69) is 5.32 Å². The van der Waals surface area contributed by atoms with Crippen molar-refractivity contribution in [1.29, 1.82) is 0 Å². The van der Waals surface area contributed by atoms with Gasteiger partial charge in [-0.2, -0.15) is 0 Å². The van der Waals surface area contributed by atoms with Crippen LogP contribution in [0.4, 0.5) is 21.9 Å². The molecular formula is C34H33Cl2N3O5. The average molecular weight is 635 g/mol. The highest BCUT2D eigenvalue weighted by atomic mass is 35.5. The Morgan fingerprint density at radius 1 is 0.818 bits per heavy atom. The zero-order chi connectivity index (χ0) is 31.0. The van der Waals surface area contributed by atoms with Crippen molar-refractivity contribution in [3.8, 4) is 5.75 Å². The Morgan fingerprint density at radius 2 is 1.32 bits per heavy atom. The number of fused-ring (bicyclic) bond motifs is 6. The van der Waals surface area contributed by atoms with Gasteiger partial charge in [0.25, 0.3) is 0 Å². The number of nitrogens with one attached hydrogen (secondary N) is 1. The number of phenolic OH excluding ortho intramolecular Hbond substituents is 1. The Balaban J connectivity index is 1.20. The van der Waals surface area contributed by atoms with E-state index in [9.17, 15) is 19.5 Å². The van der Waals surface area contributed by atoms with Crippen molar-refractivity contribution in [2.75, 3.05) is 46.6 Å². The molecule has 6 rings (SSSR count). The second kappa shape index (κ2) is 12.5. The van der Waals surface area contributed by atoms with E-state index in [0.29, 0.717) is 48.3 Å². The number of halogens is 2. The fraction of sp³-hybridized carbons (Fsp3) is 0.324. The number of phenols is 1. The van der Waals surface area contributed by atoms with Crippen LogP contribution in [-0.4, -0.2) is 54.5 Å². The molecule has 0 saturated carbocycles. The smallest absolute Gasteiger partial charge is 0.411 e. The highest BCUT2D eigenvalue weighted by Gasteiger charge is 2.36. The van der Waals surface area contributed by atoms with Gasteiger partial charge >= 0.3 is 6.09 Å². The van der Waals surface area contributed by atoms with Crippen molar-refractivity contribution in [3.05, 3.63) is 71.8 Å². The maximum atomic E-state index is 13.6. The van der Waals surface area contributed by atoms with Crippen molar-refractivity contribution in [1.82, 2.24) is 0 Å². The molecule has 8 nitrogen and oxygen atoms in total. The van der Waals surface area contributed by atoms with Gasteiger partial charge in [0.1, 0.15) is 5.75 Å². The third-order valence-electron chi connectivity index (χ3n) is 8.58. The van der Waals surface area contributed by atoms with Crippen molar-refractivity contribution < 1.29 is 24.2 Å². The van der Waals surface area contributed by atoms with Crippen LogP contribution >= 0.6 is 23.2 Å². The first-order valence-corrected chi connectivity index (χ1v) is 15.9. The molecule has 2 aliphatic rings. The third-order valence-corrected chi connectivity index (χ3v) is 9.32. The van der Waals surface area contributed by atoms with Gasteiger partial charge in [0, 0.05) is 72.1 Å². The summed E-state index contributed by atoms with van der Waals surface area (Å²) in [5.74, 6) is 0.442. The molecular weight excluding hydrogens is 601 g/mol. The zero-order valence-electron chi connectivity index (χ0n) is 24.3. The lowest BCUT2D eigenvalue weighted by molar-refractivity contribution is -0.119. The predicted molar refractivity (Wildman–Crippen MR) is 176 cm³/mol. The number of nitrogens with zero attached hydrogens (tertiary/aromatic N) is 2. The maximum Gasteiger partial charge on any atom is 0.411 e. The van der Waals surface area contributed by atoms with Crippen LogP contribution in [0.15, 0.2) is 60.7 Å². The molecule has 0 unspecified atom stereocenters. The molecule has 0 radical (unpaired) electrons. The monoisotopic (exact) mass is 633 g/mol. The average Bonchev–Trinajstić information content (AvgIpc) is 3.60. The number of carbonyl (C=O) groups excluding carboxylic acids is 3. The van der Waals surface area contributed by atoms with Gasteiger partial charge in [0.2, 0.25) is 11.8 Å². The minimum atomic E-state index is -0.568. The van der Waals surface area contributed by atoms with Crippen LogP contribution in [0.25, 0.3) is 21.5 Å². The number of amides is 3. The standard InChI is InChI=1S/C34H33Cl2N3O5/c1-2-44-34(43)37-26-14-27-32(24-10-5-3-8-22(24)26)20(16-35)18-38(27)30(41)12-7-13-31(42)39-19-21(17-36)33-25-11-6-4-9-23(25)29(40)15-28(33)39/h3-6,8-11,14-15,20-21,40H,2,7,12-13,16-19H2,1H3,(H,37,43)/t20-,21-/m1/s1. The predicted octanol–water partition coefficient (Wildman–Crippen LogP) is 7.48. The zero-order valence-corrected chi connectivity index (χ0v) is 25.8. The van der Waals surface area contributed by atoms with Gasteiger partial charge in [-0.1, -0.05) is 48.5 Å².